The van der Waals surface area contributed by atoms with E-state index in [-0.39, 0.29) is 0 Å². The molecule has 0 spiro atoms. The Morgan fingerprint density at radius 1 is 1.12 bits per heavy atom. The van der Waals surface area contributed by atoms with Crippen LogP contribution in [0, 0.1) is 11.3 Å². The summed E-state index contributed by atoms with van der Waals surface area (Å²) in [5, 5.41) is 8.28. The Hall–Kier alpha value is -0.630. The van der Waals surface area contributed by atoms with E-state index in [0.29, 0.717) is 32.3 Å². The van der Waals surface area contributed by atoms with Crippen molar-refractivity contribution < 1.29 is 14.2 Å². The predicted octanol–water partition coefficient (Wildman–Crippen LogP) is 1.89. The zero-order valence-electron chi connectivity index (χ0n) is 9.82. The Kier molecular flexibility index (Phi) is 8.05. The average Bonchev–Trinajstić information content (AvgIpc) is 2.34. The highest BCUT2D eigenvalue weighted by Crippen LogP contribution is 2.15. The summed E-state index contributed by atoms with van der Waals surface area (Å²) in [4.78, 5) is 0. The standard InChI is InChI=1S/C12H21NO3/c13-6-3-7-14-10-11-15-9-5-12-4-1-2-8-16-12/h12H,1-5,7-11H2. The van der Waals surface area contributed by atoms with E-state index in [1.807, 2.05) is 6.07 Å². The van der Waals surface area contributed by atoms with Crippen LogP contribution in [0.5, 0.6) is 0 Å². The topological polar surface area (TPSA) is 51.5 Å². The molecular weight excluding hydrogens is 206 g/mol. The fourth-order valence-corrected chi connectivity index (χ4v) is 1.69. The second-order valence-corrected chi connectivity index (χ2v) is 3.91. The molecule has 1 fully saturated rings. The molecule has 1 saturated heterocycles. The molecular formula is C12H21NO3. The van der Waals surface area contributed by atoms with E-state index in [2.05, 4.69) is 0 Å². The molecule has 0 N–H and O–H groups in total. The quantitative estimate of drug-likeness (QED) is 0.594. The van der Waals surface area contributed by atoms with Gasteiger partial charge in [-0.05, 0) is 25.7 Å². The summed E-state index contributed by atoms with van der Waals surface area (Å²) < 4.78 is 16.2. The molecule has 0 aromatic carbocycles. The highest BCUT2D eigenvalue weighted by molar-refractivity contribution is 4.67. The van der Waals surface area contributed by atoms with Crippen molar-refractivity contribution in [1.29, 1.82) is 5.26 Å². The number of nitriles is 1. The highest BCUT2D eigenvalue weighted by Gasteiger charge is 2.12. The van der Waals surface area contributed by atoms with Crippen LogP contribution in [-0.4, -0.2) is 39.1 Å². The smallest absolute Gasteiger partial charge is 0.0700 e. The van der Waals surface area contributed by atoms with Gasteiger partial charge in [0.1, 0.15) is 0 Å². The van der Waals surface area contributed by atoms with E-state index in [1.165, 1.54) is 19.3 Å². The summed E-state index contributed by atoms with van der Waals surface area (Å²) >= 11 is 0. The SMILES string of the molecule is N#CCCOCCOCCC1CCCCO1. The van der Waals surface area contributed by atoms with Crippen LogP contribution < -0.4 is 0 Å². The molecule has 1 aliphatic heterocycles. The molecule has 16 heavy (non-hydrogen) atoms. The van der Waals surface area contributed by atoms with E-state index in [1.54, 1.807) is 0 Å². The average molecular weight is 227 g/mol. The van der Waals surface area contributed by atoms with Crippen LogP contribution >= 0.6 is 0 Å². The van der Waals surface area contributed by atoms with Crippen molar-refractivity contribution in [3.05, 3.63) is 0 Å². The first kappa shape index (κ1) is 13.4. The van der Waals surface area contributed by atoms with Crippen molar-refractivity contribution in [3.63, 3.8) is 0 Å². The largest absolute Gasteiger partial charge is 0.379 e. The molecule has 0 saturated carbocycles. The fourth-order valence-electron chi connectivity index (χ4n) is 1.69. The normalized spacial score (nSPS) is 20.6. The first-order valence-electron chi connectivity index (χ1n) is 6.07. The van der Waals surface area contributed by atoms with Crippen LogP contribution in [0.15, 0.2) is 0 Å². The monoisotopic (exact) mass is 227 g/mol. The lowest BCUT2D eigenvalue weighted by molar-refractivity contribution is -0.0151. The molecule has 0 amide bonds. The number of ether oxygens (including phenoxy) is 3. The molecule has 1 rings (SSSR count). The molecule has 4 heteroatoms. The van der Waals surface area contributed by atoms with Gasteiger partial charge in [-0.3, -0.25) is 0 Å². The molecule has 92 valence electrons. The van der Waals surface area contributed by atoms with Crippen LogP contribution in [0.3, 0.4) is 0 Å². The maximum Gasteiger partial charge on any atom is 0.0700 e. The van der Waals surface area contributed by atoms with Crippen molar-refractivity contribution in [2.75, 3.05) is 33.0 Å². The van der Waals surface area contributed by atoms with Crippen LogP contribution in [0.25, 0.3) is 0 Å². The Bertz CT molecular complexity index is 197. The van der Waals surface area contributed by atoms with E-state index < -0.39 is 0 Å². The van der Waals surface area contributed by atoms with Crippen molar-refractivity contribution in [2.45, 2.75) is 38.2 Å². The van der Waals surface area contributed by atoms with Gasteiger partial charge in [0, 0.05) is 13.2 Å². The summed E-state index contributed by atoms with van der Waals surface area (Å²) in [5.74, 6) is 0. The summed E-state index contributed by atoms with van der Waals surface area (Å²) in [7, 11) is 0. The molecule has 1 unspecified atom stereocenters. The lowest BCUT2D eigenvalue weighted by atomic mass is 10.1. The Balaban J connectivity index is 1.79. The first-order chi connectivity index (χ1) is 7.93. The minimum Gasteiger partial charge on any atom is -0.379 e. The van der Waals surface area contributed by atoms with Gasteiger partial charge >= 0.3 is 0 Å². The molecule has 0 aromatic heterocycles. The number of hydrogen-bond donors (Lipinski definition) is 0. The van der Waals surface area contributed by atoms with Gasteiger partial charge in [-0.15, -0.1) is 0 Å². The summed E-state index contributed by atoms with van der Waals surface area (Å²) in [6.07, 6.45) is 5.48. The number of hydrogen-bond acceptors (Lipinski definition) is 4. The maximum absolute atomic E-state index is 8.28. The molecule has 4 nitrogen and oxygen atoms in total. The van der Waals surface area contributed by atoms with E-state index in [4.69, 9.17) is 19.5 Å². The third kappa shape index (κ3) is 6.78. The maximum atomic E-state index is 8.28. The lowest BCUT2D eigenvalue weighted by Crippen LogP contribution is -2.21. The first-order valence-corrected chi connectivity index (χ1v) is 6.07. The molecule has 1 heterocycles. The summed E-state index contributed by atoms with van der Waals surface area (Å²) in [5.41, 5.74) is 0. The minimum absolute atomic E-state index is 0.397. The van der Waals surface area contributed by atoms with Gasteiger partial charge in [-0.25, -0.2) is 0 Å². The zero-order chi connectivity index (χ0) is 11.5. The van der Waals surface area contributed by atoms with E-state index in [0.717, 1.165) is 19.6 Å². The van der Waals surface area contributed by atoms with Gasteiger partial charge in [0.2, 0.25) is 0 Å². The van der Waals surface area contributed by atoms with Crippen molar-refractivity contribution in [2.24, 2.45) is 0 Å². The molecule has 1 atom stereocenters. The molecule has 0 aromatic rings. The van der Waals surface area contributed by atoms with Crippen molar-refractivity contribution in [3.8, 4) is 6.07 Å². The Morgan fingerprint density at radius 3 is 2.62 bits per heavy atom. The third-order valence-electron chi connectivity index (χ3n) is 2.59. The van der Waals surface area contributed by atoms with E-state index in [9.17, 15) is 0 Å². The van der Waals surface area contributed by atoms with Gasteiger partial charge in [-0.2, -0.15) is 5.26 Å². The lowest BCUT2D eigenvalue weighted by Gasteiger charge is -2.22. The van der Waals surface area contributed by atoms with Crippen LogP contribution in [-0.2, 0) is 14.2 Å². The second kappa shape index (κ2) is 9.59. The van der Waals surface area contributed by atoms with Gasteiger partial charge in [0.15, 0.2) is 0 Å². The zero-order valence-corrected chi connectivity index (χ0v) is 9.82. The molecule has 0 radical (unpaired) electrons. The molecule has 0 bridgehead atoms. The van der Waals surface area contributed by atoms with E-state index >= 15 is 0 Å². The predicted molar refractivity (Wildman–Crippen MR) is 60.1 cm³/mol. The van der Waals surface area contributed by atoms with Crippen LogP contribution in [0.4, 0.5) is 0 Å². The van der Waals surface area contributed by atoms with Crippen molar-refractivity contribution in [1.82, 2.24) is 0 Å². The second-order valence-electron chi connectivity index (χ2n) is 3.91. The minimum atomic E-state index is 0.397. The number of nitrogens with zero attached hydrogens (tertiary/aromatic N) is 1. The van der Waals surface area contributed by atoms with Crippen molar-refractivity contribution >= 4 is 0 Å². The Morgan fingerprint density at radius 2 is 1.94 bits per heavy atom. The summed E-state index contributed by atoms with van der Waals surface area (Å²) in [6, 6.07) is 2.03. The fraction of sp³-hybridized carbons (Fsp3) is 0.917. The highest BCUT2D eigenvalue weighted by atomic mass is 16.5. The van der Waals surface area contributed by atoms with Gasteiger partial charge in [-0.1, -0.05) is 0 Å². The van der Waals surface area contributed by atoms with Gasteiger partial charge < -0.3 is 14.2 Å². The van der Waals surface area contributed by atoms with Gasteiger partial charge in [0.05, 0.1) is 38.4 Å². The van der Waals surface area contributed by atoms with Crippen LogP contribution in [0.2, 0.25) is 0 Å². The molecule has 1 aliphatic rings. The summed E-state index contributed by atoms with van der Waals surface area (Å²) in [6.45, 7) is 3.34. The third-order valence-corrected chi connectivity index (χ3v) is 2.59. The van der Waals surface area contributed by atoms with Gasteiger partial charge in [0.25, 0.3) is 0 Å². The molecule has 0 aliphatic carbocycles. The van der Waals surface area contributed by atoms with Crippen LogP contribution in [0.1, 0.15) is 32.1 Å². The Labute approximate surface area is 97.5 Å². The number of rotatable bonds is 8.